The van der Waals surface area contributed by atoms with Crippen molar-refractivity contribution in [2.45, 2.75) is 36.2 Å². The zero-order valence-electron chi connectivity index (χ0n) is 19.1. The van der Waals surface area contributed by atoms with Crippen molar-refractivity contribution in [2.75, 3.05) is 24.9 Å². The lowest BCUT2D eigenvalue weighted by atomic mass is 9.80. The Labute approximate surface area is 203 Å². The number of aliphatic imine (C=N–C) groups is 1. The standard InChI is InChI=1S/C22H22F4N4O5S/c1-20(36(2,32)33)5-6-21(10-23,30-19(20)27)13-7-12(3-4-14(13)24)29-18(31)15-8-16-17(9-28-15)35-22(25,26)11-34-16/h3-4,7-9H,5-6,10-11H2,1-2H3,(H2,27,30)(H,29,31)/t20-,21-/m1/s1. The van der Waals surface area contributed by atoms with Crippen molar-refractivity contribution in [1.29, 1.82) is 0 Å². The van der Waals surface area contributed by atoms with Crippen LogP contribution in [0, 0.1) is 5.82 Å². The summed E-state index contributed by atoms with van der Waals surface area (Å²) in [5.74, 6) is -2.41. The van der Waals surface area contributed by atoms with Gasteiger partial charge in [-0.2, -0.15) is 8.78 Å². The molecule has 0 saturated carbocycles. The van der Waals surface area contributed by atoms with Crippen LogP contribution in [0.4, 0.5) is 23.2 Å². The predicted molar refractivity (Wildman–Crippen MR) is 121 cm³/mol. The molecule has 2 aromatic rings. The number of amides is 1. The monoisotopic (exact) mass is 530 g/mol. The summed E-state index contributed by atoms with van der Waals surface area (Å²) in [6.07, 6.45) is -1.88. The Balaban J connectivity index is 1.63. The van der Waals surface area contributed by atoms with E-state index in [2.05, 4.69) is 20.0 Å². The van der Waals surface area contributed by atoms with Crippen LogP contribution in [0.1, 0.15) is 35.8 Å². The highest BCUT2D eigenvalue weighted by molar-refractivity contribution is 7.92. The number of carbonyl (C=O) groups is 1. The number of hydrogen-bond acceptors (Lipinski definition) is 8. The number of halogens is 4. The van der Waals surface area contributed by atoms with Crippen LogP contribution >= 0.6 is 0 Å². The number of ether oxygens (including phenoxy) is 2. The fourth-order valence-electron chi connectivity index (χ4n) is 3.96. The molecule has 0 spiro atoms. The number of nitrogens with one attached hydrogen (secondary N) is 1. The highest BCUT2D eigenvalue weighted by Gasteiger charge is 2.49. The minimum absolute atomic E-state index is 0.0534. The minimum atomic E-state index is -3.69. The molecule has 0 bridgehead atoms. The molecule has 1 aromatic heterocycles. The number of pyridine rings is 1. The molecule has 14 heteroatoms. The predicted octanol–water partition coefficient (Wildman–Crippen LogP) is 2.96. The van der Waals surface area contributed by atoms with E-state index in [0.29, 0.717) is 0 Å². The molecular weight excluding hydrogens is 508 g/mol. The van der Waals surface area contributed by atoms with Gasteiger partial charge in [-0.1, -0.05) is 0 Å². The summed E-state index contributed by atoms with van der Waals surface area (Å²) < 4.78 is 88.0. The van der Waals surface area contributed by atoms with Gasteiger partial charge in [0.1, 0.15) is 34.3 Å². The molecule has 0 fully saturated rings. The number of benzene rings is 1. The second-order valence-corrected chi connectivity index (χ2v) is 11.3. The summed E-state index contributed by atoms with van der Waals surface area (Å²) in [7, 11) is -3.69. The highest BCUT2D eigenvalue weighted by Crippen LogP contribution is 2.42. The summed E-state index contributed by atoms with van der Waals surface area (Å²) in [6, 6.07) is 4.49. The summed E-state index contributed by atoms with van der Waals surface area (Å²) in [5, 5.41) is 2.47. The molecule has 194 valence electrons. The summed E-state index contributed by atoms with van der Waals surface area (Å²) >= 11 is 0. The van der Waals surface area contributed by atoms with Gasteiger partial charge < -0.3 is 20.5 Å². The summed E-state index contributed by atoms with van der Waals surface area (Å²) in [6.45, 7) is -0.840. The molecule has 4 rings (SSSR count). The first-order valence-electron chi connectivity index (χ1n) is 10.6. The largest absolute Gasteiger partial charge is 0.479 e. The van der Waals surface area contributed by atoms with Crippen molar-refractivity contribution in [3.8, 4) is 11.5 Å². The topological polar surface area (TPSA) is 133 Å². The molecule has 3 N–H and O–H groups in total. The van der Waals surface area contributed by atoms with Gasteiger partial charge in [0.25, 0.3) is 5.91 Å². The molecular formula is C22H22F4N4O5S. The maximum Gasteiger partial charge on any atom is 0.433 e. The van der Waals surface area contributed by atoms with Crippen LogP contribution in [0.3, 0.4) is 0 Å². The molecule has 3 heterocycles. The van der Waals surface area contributed by atoms with Crippen LogP contribution in [-0.4, -0.2) is 55.5 Å². The average molecular weight is 531 g/mol. The normalized spacial score (nSPS) is 25.1. The number of rotatable bonds is 5. The Morgan fingerprint density at radius 2 is 1.94 bits per heavy atom. The van der Waals surface area contributed by atoms with Crippen molar-refractivity contribution in [3.63, 3.8) is 0 Å². The molecule has 0 radical (unpaired) electrons. The average Bonchev–Trinajstić information content (AvgIpc) is 2.80. The van der Waals surface area contributed by atoms with E-state index in [-0.39, 0.29) is 47.1 Å². The van der Waals surface area contributed by atoms with E-state index in [0.717, 1.165) is 24.6 Å². The number of anilines is 1. The van der Waals surface area contributed by atoms with Crippen LogP contribution in [-0.2, 0) is 15.4 Å². The molecule has 0 saturated heterocycles. The zero-order chi connectivity index (χ0) is 26.5. The first-order chi connectivity index (χ1) is 16.7. The van der Waals surface area contributed by atoms with E-state index >= 15 is 0 Å². The molecule has 2 aliphatic heterocycles. The second kappa shape index (κ2) is 8.61. The lowest BCUT2D eigenvalue weighted by molar-refractivity contribution is -0.209. The van der Waals surface area contributed by atoms with Crippen molar-refractivity contribution in [1.82, 2.24) is 4.98 Å². The van der Waals surface area contributed by atoms with Gasteiger partial charge in [-0.15, -0.1) is 0 Å². The quantitative estimate of drug-likeness (QED) is 0.568. The van der Waals surface area contributed by atoms with Gasteiger partial charge in [-0.25, -0.2) is 22.2 Å². The van der Waals surface area contributed by atoms with Gasteiger partial charge in [-0.3, -0.25) is 9.79 Å². The van der Waals surface area contributed by atoms with Crippen molar-refractivity contribution < 1.29 is 40.2 Å². The molecule has 1 aromatic carbocycles. The molecule has 2 aliphatic rings. The van der Waals surface area contributed by atoms with Gasteiger partial charge in [0.15, 0.2) is 27.9 Å². The van der Waals surface area contributed by atoms with E-state index in [9.17, 15) is 30.8 Å². The Morgan fingerprint density at radius 1 is 1.22 bits per heavy atom. The van der Waals surface area contributed by atoms with E-state index in [1.165, 1.54) is 19.1 Å². The van der Waals surface area contributed by atoms with E-state index < -0.39 is 51.2 Å². The fourth-order valence-corrected chi connectivity index (χ4v) is 4.86. The summed E-state index contributed by atoms with van der Waals surface area (Å²) in [4.78, 5) is 20.6. The van der Waals surface area contributed by atoms with Gasteiger partial charge in [0, 0.05) is 23.6 Å². The molecule has 9 nitrogen and oxygen atoms in total. The first kappa shape index (κ1) is 25.7. The lowest BCUT2D eigenvalue weighted by Crippen LogP contribution is -2.53. The first-order valence-corrected chi connectivity index (χ1v) is 12.5. The molecule has 0 aliphatic carbocycles. The van der Waals surface area contributed by atoms with Crippen molar-refractivity contribution >= 4 is 27.3 Å². The number of alkyl halides is 3. The van der Waals surface area contributed by atoms with Gasteiger partial charge >= 0.3 is 6.11 Å². The lowest BCUT2D eigenvalue weighted by Gasteiger charge is -2.39. The molecule has 0 unspecified atom stereocenters. The number of amidine groups is 1. The number of sulfone groups is 1. The smallest absolute Gasteiger partial charge is 0.433 e. The zero-order valence-corrected chi connectivity index (χ0v) is 20.0. The fraction of sp³-hybridized carbons (Fsp3) is 0.409. The Hall–Kier alpha value is -3.42. The number of nitrogens with zero attached hydrogens (tertiary/aromatic N) is 2. The second-order valence-electron chi connectivity index (χ2n) is 8.86. The van der Waals surface area contributed by atoms with Crippen LogP contribution in [0.2, 0.25) is 0 Å². The maximum atomic E-state index is 14.8. The van der Waals surface area contributed by atoms with Crippen LogP contribution in [0.25, 0.3) is 0 Å². The van der Waals surface area contributed by atoms with Crippen molar-refractivity contribution in [2.24, 2.45) is 10.7 Å². The highest BCUT2D eigenvalue weighted by atomic mass is 32.2. The Kier molecular flexibility index (Phi) is 6.14. The van der Waals surface area contributed by atoms with Crippen molar-refractivity contribution in [3.05, 3.63) is 47.5 Å². The summed E-state index contributed by atoms with van der Waals surface area (Å²) in [5.41, 5.74) is 3.77. The molecule has 1 amide bonds. The van der Waals surface area contributed by atoms with Crippen LogP contribution in [0.15, 0.2) is 35.5 Å². The SMILES string of the molecule is C[C@@]1(S(C)(=O)=O)CC[C@@](CF)(c2cc(NC(=O)c3cc4c(cn3)OC(F)(F)CO4)ccc2F)N=C1N. The van der Waals surface area contributed by atoms with E-state index in [4.69, 9.17) is 10.5 Å². The Morgan fingerprint density at radius 3 is 2.58 bits per heavy atom. The third-order valence-corrected chi connectivity index (χ3v) is 8.43. The number of hydrogen-bond donors (Lipinski definition) is 2. The van der Waals surface area contributed by atoms with Gasteiger partial charge in [-0.05, 0) is 38.0 Å². The van der Waals surface area contributed by atoms with Gasteiger partial charge in [0.05, 0.1) is 6.20 Å². The van der Waals surface area contributed by atoms with Gasteiger partial charge in [0.2, 0.25) is 0 Å². The number of carbonyl (C=O) groups excluding carboxylic acids is 1. The third-order valence-electron chi connectivity index (χ3n) is 6.38. The van der Waals surface area contributed by atoms with Crippen LogP contribution < -0.4 is 20.5 Å². The Bertz CT molecular complexity index is 1370. The number of nitrogens with two attached hydrogens (primary N) is 1. The molecule has 36 heavy (non-hydrogen) atoms. The maximum absolute atomic E-state index is 14.8. The number of aromatic nitrogens is 1. The minimum Gasteiger partial charge on any atom is -0.479 e. The molecule has 2 atom stereocenters. The van der Waals surface area contributed by atoms with Crippen LogP contribution in [0.5, 0.6) is 11.5 Å². The van der Waals surface area contributed by atoms with E-state index in [1.807, 2.05) is 0 Å². The van der Waals surface area contributed by atoms with E-state index in [1.54, 1.807) is 0 Å². The number of fused-ring (bicyclic) bond motifs is 1. The third kappa shape index (κ3) is 4.45.